The highest BCUT2D eigenvalue weighted by Crippen LogP contribution is 2.57. The Morgan fingerprint density at radius 2 is 1.86 bits per heavy atom. The molecule has 1 unspecified atom stereocenters. The lowest BCUT2D eigenvalue weighted by Crippen LogP contribution is -1.96. The van der Waals surface area contributed by atoms with Gasteiger partial charge in [-0.25, -0.2) is 9.13 Å². The first-order valence-electron chi connectivity index (χ1n) is 3.52. The van der Waals surface area contributed by atoms with E-state index in [0.29, 0.717) is 5.57 Å². The van der Waals surface area contributed by atoms with Gasteiger partial charge in [0.05, 0.1) is 6.61 Å². The number of phosphoric ester groups is 1. The smallest absolute Gasteiger partial charge is 0.302 e. The van der Waals surface area contributed by atoms with Crippen molar-refractivity contribution in [3.05, 3.63) is 11.6 Å². The summed E-state index contributed by atoms with van der Waals surface area (Å²) in [6, 6.07) is 0. The standard InChI is InChI=1S/C5H12O7P2/c1-3-5(2)4-11-14(9,10)12-13(6,7)8/h3H,4H2,1-2H3,(H,9,10)(H2,6,7,8). The molecule has 0 aromatic carbocycles. The summed E-state index contributed by atoms with van der Waals surface area (Å²) in [4.78, 5) is 25.3. The van der Waals surface area contributed by atoms with Gasteiger partial charge in [-0.1, -0.05) is 11.6 Å². The van der Waals surface area contributed by atoms with Crippen molar-refractivity contribution in [2.75, 3.05) is 6.61 Å². The maximum atomic E-state index is 10.8. The van der Waals surface area contributed by atoms with E-state index in [1.807, 2.05) is 0 Å². The molecule has 0 bridgehead atoms. The maximum Gasteiger partial charge on any atom is 0.481 e. The average molecular weight is 246 g/mol. The molecule has 0 rings (SSSR count). The van der Waals surface area contributed by atoms with Crippen LogP contribution < -0.4 is 0 Å². The van der Waals surface area contributed by atoms with Crippen molar-refractivity contribution in [1.82, 2.24) is 0 Å². The van der Waals surface area contributed by atoms with E-state index in [9.17, 15) is 9.13 Å². The Bertz CT molecular complexity index is 303. The van der Waals surface area contributed by atoms with Crippen LogP contribution in [0.1, 0.15) is 13.8 Å². The fourth-order valence-electron chi connectivity index (χ4n) is 0.425. The van der Waals surface area contributed by atoms with E-state index in [0.717, 1.165) is 0 Å². The number of hydrogen-bond acceptors (Lipinski definition) is 4. The average Bonchev–Trinajstić information content (AvgIpc) is 1.96. The third-order valence-electron chi connectivity index (χ3n) is 1.16. The highest BCUT2D eigenvalue weighted by Gasteiger charge is 2.32. The first-order valence-corrected chi connectivity index (χ1v) is 6.55. The summed E-state index contributed by atoms with van der Waals surface area (Å²) >= 11 is 0. The van der Waals surface area contributed by atoms with Gasteiger partial charge in [-0.2, -0.15) is 4.31 Å². The lowest BCUT2D eigenvalue weighted by Gasteiger charge is -2.12. The Labute approximate surface area is 81.2 Å². The van der Waals surface area contributed by atoms with E-state index < -0.39 is 15.6 Å². The van der Waals surface area contributed by atoms with Gasteiger partial charge in [0.1, 0.15) is 0 Å². The zero-order valence-electron chi connectivity index (χ0n) is 7.65. The fourth-order valence-corrected chi connectivity index (χ4v) is 2.06. The van der Waals surface area contributed by atoms with Crippen LogP contribution in [-0.2, 0) is 18.0 Å². The number of rotatable bonds is 5. The predicted molar refractivity (Wildman–Crippen MR) is 48.3 cm³/mol. The topological polar surface area (TPSA) is 113 Å². The normalized spacial score (nSPS) is 17.9. The molecular formula is C5H12O7P2. The van der Waals surface area contributed by atoms with Crippen LogP contribution in [0.3, 0.4) is 0 Å². The van der Waals surface area contributed by atoms with Crippen LogP contribution in [0.25, 0.3) is 0 Å². The summed E-state index contributed by atoms with van der Waals surface area (Å²) in [5, 5.41) is 0. The zero-order valence-corrected chi connectivity index (χ0v) is 9.44. The Balaban J connectivity index is 4.23. The van der Waals surface area contributed by atoms with Gasteiger partial charge in [0.2, 0.25) is 0 Å². The second-order valence-electron chi connectivity index (χ2n) is 2.45. The second-order valence-corrected chi connectivity index (χ2v) is 5.28. The molecule has 84 valence electrons. The molecule has 9 heteroatoms. The third-order valence-corrected chi connectivity index (χ3v) is 3.29. The molecule has 0 fully saturated rings. The highest BCUT2D eigenvalue weighted by molar-refractivity contribution is 7.60. The molecule has 0 amide bonds. The molecule has 0 saturated heterocycles. The van der Waals surface area contributed by atoms with E-state index in [-0.39, 0.29) is 6.61 Å². The largest absolute Gasteiger partial charge is 0.481 e. The molecule has 0 aromatic heterocycles. The van der Waals surface area contributed by atoms with Crippen molar-refractivity contribution < 1.29 is 32.6 Å². The first kappa shape index (κ1) is 14.0. The zero-order chi connectivity index (χ0) is 11.4. The summed E-state index contributed by atoms with van der Waals surface area (Å²) < 4.78 is 28.9. The summed E-state index contributed by atoms with van der Waals surface area (Å²) in [6.07, 6.45) is 1.62. The minimum absolute atomic E-state index is 0.232. The van der Waals surface area contributed by atoms with Gasteiger partial charge in [0.25, 0.3) is 0 Å². The summed E-state index contributed by atoms with van der Waals surface area (Å²) in [7, 11) is -9.70. The van der Waals surface area contributed by atoms with Crippen LogP contribution in [-0.4, -0.2) is 21.3 Å². The quantitative estimate of drug-likeness (QED) is 0.493. The van der Waals surface area contributed by atoms with Crippen molar-refractivity contribution in [3.63, 3.8) is 0 Å². The summed E-state index contributed by atoms with van der Waals surface area (Å²) in [5.41, 5.74) is 0.633. The third kappa shape index (κ3) is 7.41. The SMILES string of the molecule is CC=C(C)COP(=O)(O)OP(=O)(O)O. The lowest BCUT2D eigenvalue weighted by atomic mass is 10.3. The van der Waals surface area contributed by atoms with Gasteiger partial charge in [-0.3, -0.25) is 4.52 Å². The Morgan fingerprint density at radius 3 is 2.21 bits per heavy atom. The number of hydrogen-bond donors (Lipinski definition) is 3. The van der Waals surface area contributed by atoms with Crippen LogP contribution in [0.15, 0.2) is 11.6 Å². The van der Waals surface area contributed by atoms with Crippen molar-refractivity contribution in [2.45, 2.75) is 13.8 Å². The molecule has 0 spiro atoms. The molecule has 0 heterocycles. The van der Waals surface area contributed by atoms with Crippen molar-refractivity contribution in [2.24, 2.45) is 0 Å². The first-order chi connectivity index (χ1) is 6.16. The highest BCUT2D eigenvalue weighted by atomic mass is 31.3. The Kier molecular flexibility index (Phi) is 5.19. The molecule has 1 atom stereocenters. The van der Waals surface area contributed by atoms with Gasteiger partial charge < -0.3 is 14.7 Å². The molecule has 0 saturated carbocycles. The van der Waals surface area contributed by atoms with Crippen LogP contribution in [0.4, 0.5) is 0 Å². The molecule has 0 aliphatic heterocycles. The second kappa shape index (κ2) is 5.19. The minimum atomic E-state index is -5.01. The van der Waals surface area contributed by atoms with Crippen LogP contribution in [0.2, 0.25) is 0 Å². The van der Waals surface area contributed by atoms with Crippen LogP contribution in [0, 0.1) is 0 Å². The monoisotopic (exact) mass is 246 g/mol. The minimum Gasteiger partial charge on any atom is -0.302 e. The van der Waals surface area contributed by atoms with Crippen molar-refractivity contribution >= 4 is 15.6 Å². The molecular weight excluding hydrogens is 234 g/mol. The number of allylic oxidation sites excluding steroid dienone is 1. The van der Waals surface area contributed by atoms with Crippen LogP contribution >= 0.6 is 15.6 Å². The maximum absolute atomic E-state index is 10.8. The fraction of sp³-hybridized carbons (Fsp3) is 0.600. The summed E-state index contributed by atoms with van der Waals surface area (Å²) in [6.45, 7) is 3.08. The molecule has 0 radical (unpaired) electrons. The van der Waals surface area contributed by atoms with Gasteiger partial charge in [0.15, 0.2) is 0 Å². The molecule has 14 heavy (non-hydrogen) atoms. The summed E-state index contributed by atoms with van der Waals surface area (Å²) in [5.74, 6) is 0. The molecule has 3 N–H and O–H groups in total. The van der Waals surface area contributed by atoms with E-state index in [4.69, 9.17) is 14.7 Å². The van der Waals surface area contributed by atoms with Crippen LogP contribution in [0.5, 0.6) is 0 Å². The van der Waals surface area contributed by atoms with E-state index in [1.165, 1.54) is 0 Å². The Morgan fingerprint density at radius 1 is 1.36 bits per heavy atom. The van der Waals surface area contributed by atoms with Crippen molar-refractivity contribution in [3.8, 4) is 0 Å². The molecule has 0 aromatic rings. The van der Waals surface area contributed by atoms with Gasteiger partial charge in [-0.05, 0) is 13.8 Å². The predicted octanol–water partition coefficient (Wildman–Crippen LogP) is 1.18. The molecule has 7 nitrogen and oxygen atoms in total. The van der Waals surface area contributed by atoms with Gasteiger partial charge >= 0.3 is 15.6 Å². The molecule has 0 aliphatic carbocycles. The molecule has 0 aliphatic rings. The number of phosphoric acid groups is 2. The van der Waals surface area contributed by atoms with E-state index >= 15 is 0 Å². The van der Waals surface area contributed by atoms with Gasteiger partial charge in [-0.15, -0.1) is 0 Å². The Hall–Kier alpha value is -0.0000000000000000416. The van der Waals surface area contributed by atoms with Crippen molar-refractivity contribution in [1.29, 1.82) is 0 Å². The van der Waals surface area contributed by atoms with E-state index in [1.54, 1.807) is 19.9 Å². The lowest BCUT2D eigenvalue weighted by molar-refractivity contribution is 0.188. The van der Waals surface area contributed by atoms with Gasteiger partial charge in [0, 0.05) is 0 Å². The van der Waals surface area contributed by atoms with E-state index in [2.05, 4.69) is 8.83 Å².